The van der Waals surface area contributed by atoms with Gasteiger partial charge in [-0.1, -0.05) is 80.6 Å². The molecule has 0 aliphatic carbocycles. The van der Waals surface area contributed by atoms with Gasteiger partial charge < -0.3 is 35.3 Å². The Balaban J connectivity index is 0.922. The van der Waals surface area contributed by atoms with Crippen molar-refractivity contribution in [2.75, 3.05) is 39.3 Å². The Morgan fingerprint density at radius 1 is 0.942 bits per heavy atom. The van der Waals surface area contributed by atoms with Gasteiger partial charge in [0.05, 0.1) is 30.3 Å². The summed E-state index contributed by atoms with van der Waals surface area (Å²) in [6.45, 7) is 6.79. The number of carboxylic acid groups (broad SMARTS) is 1. The number of benzene rings is 3. The van der Waals surface area contributed by atoms with Gasteiger partial charge in [-0.3, -0.25) is 9.69 Å². The Labute approximate surface area is 306 Å². The average molecular weight is 711 g/mol. The van der Waals surface area contributed by atoms with E-state index >= 15 is 0 Å². The van der Waals surface area contributed by atoms with Crippen molar-refractivity contribution >= 4 is 17.0 Å². The molecule has 3 atom stereocenters. The maximum absolute atomic E-state index is 13.0. The number of rotatable bonds is 18. The van der Waals surface area contributed by atoms with Gasteiger partial charge >= 0.3 is 6.09 Å². The van der Waals surface area contributed by atoms with E-state index in [9.17, 15) is 24.9 Å². The minimum atomic E-state index is -0.870. The molecule has 1 amide bonds. The van der Waals surface area contributed by atoms with Crippen LogP contribution < -0.4 is 15.6 Å². The highest BCUT2D eigenvalue weighted by molar-refractivity contribution is 5.87. The number of aliphatic hydroxyl groups is 1. The molecular formula is C42H54N4O6. The number of unbranched alkanes of at least 4 members (excludes halogenated alkanes) is 6. The fourth-order valence-corrected chi connectivity index (χ4v) is 8.10. The molecule has 10 heteroatoms. The standard InChI is InChI=1S/C42H54N4O6/c1-29-14-15-32(41(31-12-8-7-9-13-31)46(42(50)51)35-28-45-23-20-30(35)21-24-45)26-38(29)52-25-11-6-4-2-3-5-10-22-43-27-37(48)33-16-18-36(47)40-34(33)17-19-39(49)44-40/h7-9,12-19,26,30,35,37,41,43,47-48H,2-6,10-11,20-25,27-28H2,1H3,(H,44,49)(H,50,51)/t35-,37+,41?/m0/s1. The Morgan fingerprint density at radius 3 is 2.38 bits per heavy atom. The number of aromatic nitrogens is 1. The number of piperidine rings is 3. The molecule has 3 aliphatic heterocycles. The molecule has 0 spiro atoms. The number of amides is 1. The largest absolute Gasteiger partial charge is 0.506 e. The first-order valence-electron chi connectivity index (χ1n) is 19.1. The zero-order valence-electron chi connectivity index (χ0n) is 30.3. The lowest BCUT2D eigenvalue weighted by molar-refractivity contribution is -0.000812. The molecule has 3 aromatic carbocycles. The topological polar surface area (TPSA) is 138 Å². The number of hydrogen-bond acceptors (Lipinski definition) is 7. The minimum Gasteiger partial charge on any atom is -0.506 e. The van der Waals surface area contributed by atoms with E-state index < -0.39 is 18.2 Å². The average Bonchev–Trinajstić information content (AvgIpc) is 3.16. The number of aliphatic hydroxyl groups excluding tert-OH is 1. The number of carbonyl (C=O) groups is 1. The number of pyridine rings is 1. The summed E-state index contributed by atoms with van der Waals surface area (Å²) in [5, 5.41) is 35.4. The zero-order valence-corrected chi connectivity index (χ0v) is 30.3. The molecule has 3 fully saturated rings. The van der Waals surface area contributed by atoms with Crippen molar-refractivity contribution in [3.63, 3.8) is 0 Å². The molecule has 5 N–H and O–H groups in total. The number of H-pyrrole nitrogens is 1. The van der Waals surface area contributed by atoms with E-state index in [4.69, 9.17) is 4.74 Å². The first-order valence-corrected chi connectivity index (χ1v) is 19.1. The van der Waals surface area contributed by atoms with E-state index in [1.165, 1.54) is 12.1 Å². The van der Waals surface area contributed by atoms with Crippen LogP contribution in [0.25, 0.3) is 10.9 Å². The monoisotopic (exact) mass is 710 g/mol. The van der Waals surface area contributed by atoms with E-state index in [1.54, 1.807) is 17.0 Å². The van der Waals surface area contributed by atoms with Gasteiger partial charge in [0.15, 0.2) is 0 Å². The van der Waals surface area contributed by atoms with E-state index in [0.717, 1.165) is 106 Å². The lowest BCUT2D eigenvalue weighted by Crippen LogP contribution is -2.59. The number of nitrogens with zero attached hydrogens (tertiary/aromatic N) is 2. The summed E-state index contributed by atoms with van der Waals surface area (Å²) >= 11 is 0. The third-order valence-corrected chi connectivity index (χ3v) is 11.0. The number of aryl methyl sites for hydroxylation is 1. The molecule has 278 valence electrons. The Morgan fingerprint density at radius 2 is 1.67 bits per heavy atom. The molecule has 1 unspecified atom stereocenters. The van der Waals surface area contributed by atoms with Gasteiger partial charge in [-0.05, 0) is 98.6 Å². The number of ether oxygens (including phenoxy) is 1. The van der Waals surface area contributed by atoms with Crippen molar-refractivity contribution < 1.29 is 24.9 Å². The van der Waals surface area contributed by atoms with Crippen molar-refractivity contribution in [1.82, 2.24) is 20.1 Å². The second kappa shape index (κ2) is 17.9. The summed E-state index contributed by atoms with van der Waals surface area (Å²) < 4.78 is 6.33. The normalized spacial score (nSPS) is 19.4. The number of aromatic hydroxyl groups is 1. The van der Waals surface area contributed by atoms with Crippen LogP contribution in [0.5, 0.6) is 11.5 Å². The molecule has 4 aromatic rings. The molecule has 4 heterocycles. The smallest absolute Gasteiger partial charge is 0.408 e. The van der Waals surface area contributed by atoms with E-state index in [1.807, 2.05) is 37.3 Å². The summed E-state index contributed by atoms with van der Waals surface area (Å²) in [7, 11) is 0. The van der Waals surface area contributed by atoms with Crippen molar-refractivity contribution in [3.05, 3.63) is 105 Å². The first-order chi connectivity index (χ1) is 25.3. The summed E-state index contributed by atoms with van der Waals surface area (Å²) in [4.78, 5) is 31.4. The van der Waals surface area contributed by atoms with Gasteiger partial charge in [0.1, 0.15) is 11.5 Å². The third kappa shape index (κ3) is 9.15. The lowest BCUT2D eigenvalue weighted by atomic mass is 9.81. The van der Waals surface area contributed by atoms with Crippen LogP contribution in [-0.2, 0) is 0 Å². The fraction of sp³-hybridized carbons (Fsp3) is 0.476. The molecular weight excluding hydrogens is 656 g/mol. The van der Waals surface area contributed by atoms with Crippen LogP contribution in [0.2, 0.25) is 0 Å². The highest BCUT2D eigenvalue weighted by Gasteiger charge is 2.43. The van der Waals surface area contributed by atoms with Gasteiger partial charge in [0.2, 0.25) is 5.56 Å². The zero-order chi connectivity index (χ0) is 36.5. The van der Waals surface area contributed by atoms with E-state index in [2.05, 4.69) is 33.4 Å². The third-order valence-electron chi connectivity index (χ3n) is 11.0. The van der Waals surface area contributed by atoms with Gasteiger partial charge in [0, 0.05) is 24.5 Å². The van der Waals surface area contributed by atoms with Crippen LogP contribution in [0.3, 0.4) is 0 Å². The summed E-state index contributed by atoms with van der Waals surface area (Å²) in [5.74, 6) is 1.20. The first kappa shape index (κ1) is 37.4. The van der Waals surface area contributed by atoms with Gasteiger partial charge in [-0.25, -0.2) is 4.79 Å². The molecule has 2 bridgehead atoms. The van der Waals surface area contributed by atoms with Gasteiger partial charge in [0.25, 0.3) is 0 Å². The quantitative estimate of drug-likeness (QED) is 0.0688. The highest BCUT2D eigenvalue weighted by Crippen LogP contribution is 2.39. The van der Waals surface area contributed by atoms with Gasteiger partial charge in [-0.2, -0.15) is 0 Å². The number of phenols is 1. The summed E-state index contributed by atoms with van der Waals surface area (Å²) in [5.41, 5.74) is 3.69. The number of nitrogens with one attached hydrogen (secondary N) is 2. The molecule has 3 saturated heterocycles. The second-order valence-electron chi connectivity index (χ2n) is 14.6. The van der Waals surface area contributed by atoms with Crippen LogP contribution in [0.4, 0.5) is 4.79 Å². The molecule has 1 aromatic heterocycles. The predicted octanol–water partition coefficient (Wildman–Crippen LogP) is 7.14. The van der Waals surface area contributed by atoms with Crippen LogP contribution in [0.1, 0.15) is 92.2 Å². The second-order valence-corrected chi connectivity index (χ2v) is 14.6. The lowest BCUT2D eigenvalue weighted by Gasteiger charge is -2.50. The fourth-order valence-electron chi connectivity index (χ4n) is 8.10. The number of phenolic OH excluding ortho intramolecular Hbond substituents is 1. The molecule has 10 nitrogen and oxygen atoms in total. The summed E-state index contributed by atoms with van der Waals surface area (Å²) in [6.07, 6.45) is 8.14. The SMILES string of the molecule is Cc1ccc(C(c2ccccc2)N(C(=O)O)[C@H]2CN3CCC2CC3)cc1OCCCCCCCCCNC[C@@H](O)c1ccc(O)c2[nH]c(=O)ccc12. The van der Waals surface area contributed by atoms with Gasteiger partial charge in [-0.15, -0.1) is 0 Å². The molecule has 3 aliphatic rings. The minimum absolute atomic E-state index is 0.0118. The van der Waals surface area contributed by atoms with Crippen LogP contribution >= 0.6 is 0 Å². The molecule has 0 radical (unpaired) electrons. The van der Waals surface area contributed by atoms with E-state index in [0.29, 0.717) is 35.5 Å². The number of aromatic amines is 1. The maximum Gasteiger partial charge on any atom is 0.408 e. The van der Waals surface area contributed by atoms with Crippen molar-refractivity contribution in [1.29, 1.82) is 0 Å². The van der Waals surface area contributed by atoms with Crippen LogP contribution in [0.15, 0.2) is 77.6 Å². The van der Waals surface area contributed by atoms with E-state index in [-0.39, 0.29) is 17.4 Å². The van der Waals surface area contributed by atoms with Crippen LogP contribution in [0, 0.1) is 12.8 Å². The Bertz CT molecular complexity index is 1820. The van der Waals surface area contributed by atoms with Crippen LogP contribution in [-0.4, -0.2) is 81.6 Å². The number of fused-ring (bicyclic) bond motifs is 4. The van der Waals surface area contributed by atoms with Crippen molar-refractivity contribution in [2.24, 2.45) is 5.92 Å². The number of hydrogen-bond donors (Lipinski definition) is 5. The van der Waals surface area contributed by atoms with Crippen molar-refractivity contribution in [2.45, 2.75) is 82.9 Å². The summed E-state index contributed by atoms with van der Waals surface area (Å²) in [6, 6.07) is 22.0. The Hall–Kier alpha value is -4.38. The maximum atomic E-state index is 13.0. The molecule has 52 heavy (non-hydrogen) atoms. The Kier molecular flexibility index (Phi) is 12.9. The predicted molar refractivity (Wildman–Crippen MR) is 204 cm³/mol. The van der Waals surface area contributed by atoms with Crippen molar-refractivity contribution in [3.8, 4) is 11.5 Å². The highest BCUT2D eigenvalue weighted by atomic mass is 16.5. The molecule has 7 rings (SSSR count). The molecule has 0 saturated carbocycles.